The summed E-state index contributed by atoms with van der Waals surface area (Å²) >= 11 is 0. The summed E-state index contributed by atoms with van der Waals surface area (Å²) in [5.74, 6) is -0.439. The van der Waals surface area contributed by atoms with Crippen molar-refractivity contribution in [3.8, 4) is 6.07 Å². The third-order valence-corrected chi connectivity index (χ3v) is 7.09. The molecule has 29 heavy (non-hydrogen) atoms. The predicted molar refractivity (Wildman–Crippen MR) is 116 cm³/mol. The molecule has 1 fully saturated rings. The third kappa shape index (κ3) is 4.20. The molecule has 6 nitrogen and oxygen atoms in total. The molecule has 1 saturated heterocycles. The summed E-state index contributed by atoms with van der Waals surface area (Å²) in [6.07, 6.45) is 0.582. The van der Waals surface area contributed by atoms with Crippen molar-refractivity contribution in [1.29, 1.82) is 5.26 Å². The highest BCUT2D eigenvalue weighted by Crippen LogP contribution is 2.64. The van der Waals surface area contributed by atoms with Crippen molar-refractivity contribution in [2.24, 2.45) is 4.99 Å². The summed E-state index contributed by atoms with van der Waals surface area (Å²) in [7, 11) is -3.42. The van der Waals surface area contributed by atoms with Crippen LogP contribution in [0.1, 0.15) is 42.7 Å². The van der Waals surface area contributed by atoms with E-state index in [-0.39, 0.29) is 5.71 Å². The van der Waals surface area contributed by atoms with E-state index >= 15 is 0 Å². The smallest absolute Gasteiger partial charge is 0.281 e. The van der Waals surface area contributed by atoms with Crippen LogP contribution < -0.4 is 0 Å². The lowest BCUT2D eigenvalue weighted by Crippen LogP contribution is -2.43. The van der Waals surface area contributed by atoms with E-state index in [0.29, 0.717) is 24.1 Å². The quantitative estimate of drug-likeness (QED) is 0.769. The van der Waals surface area contributed by atoms with E-state index in [2.05, 4.69) is 11.1 Å². The van der Waals surface area contributed by atoms with Gasteiger partial charge in [0, 0.05) is 6.54 Å². The van der Waals surface area contributed by atoms with Crippen molar-refractivity contribution in [2.75, 3.05) is 6.54 Å². The molecule has 7 heteroatoms. The fourth-order valence-corrected chi connectivity index (χ4v) is 5.82. The fourth-order valence-electron chi connectivity index (χ4n) is 3.47. The predicted octanol–water partition coefficient (Wildman–Crippen LogP) is 4.59. The lowest BCUT2D eigenvalue weighted by molar-refractivity contribution is -0.122. The first-order chi connectivity index (χ1) is 13.7. The maximum Gasteiger partial charge on any atom is 0.288 e. The van der Waals surface area contributed by atoms with E-state index in [1.165, 1.54) is 4.31 Å². The Kier molecular flexibility index (Phi) is 5.80. The second-order valence-corrected chi connectivity index (χ2v) is 9.91. The van der Waals surface area contributed by atoms with E-state index in [1.54, 1.807) is 45.0 Å². The molecule has 1 aliphatic rings. The Balaban J connectivity index is 1.93. The highest BCUT2D eigenvalue weighted by molar-refractivity contribution is 8.24. The van der Waals surface area contributed by atoms with Gasteiger partial charge in [0.2, 0.25) is 0 Å². The highest BCUT2D eigenvalue weighted by Gasteiger charge is 2.54. The number of amides is 1. The van der Waals surface area contributed by atoms with Gasteiger partial charge in [-0.3, -0.25) is 18.9 Å². The van der Waals surface area contributed by atoms with E-state index in [0.717, 1.165) is 5.56 Å². The zero-order valence-electron chi connectivity index (χ0n) is 16.7. The molecule has 3 rings (SSSR count). The van der Waals surface area contributed by atoms with Crippen molar-refractivity contribution < 1.29 is 13.9 Å². The van der Waals surface area contributed by atoms with Gasteiger partial charge in [-0.15, -0.1) is 10.8 Å². The Hall–Kier alpha value is -2.66. The second kappa shape index (κ2) is 7.99. The Morgan fingerprint density at radius 3 is 2.28 bits per heavy atom. The minimum atomic E-state index is -3.42. The summed E-state index contributed by atoms with van der Waals surface area (Å²) < 4.78 is 23.3. The van der Waals surface area contributed by atoms with Crippen molar-refractivity contribution in [2.45, 2.75) is 38.0 Å². The first-order valence-corrected chi connectivity index (χ1v) is 10.9. The Labute approximate surface area is 173 Å². The van der Waals surface area contributed by atoms with E-state index in [4.69, 9.17) is 5.26 Å². The molecule has 0 saturated carbocycles. The average molecular weight is 412 g/mol. The zero-order valence-corrected chi connectivity index (χ0v) is 17.6. The molecule has 0 aromatic heterocycles. The minimum Gasteiger partial charge on any atom is -0.281 e. The Morgan fingerprint density at radius 2 is 1.72 bits per heavy atom. The standard InChI is InChI=1S/C22H25N3O3S/c1-22(2,3)25-21(26)19(20(29(25,27)28)18-7-5-4-6-8-18)24-14-13-16-9-11-17(15-23)12-10-16/h4-12,20,27-28H,13-14H2,1-3H3. The van der Waals surface area contributed by atoms with Gasteiger partial charge in [-0.05, 0) is 50.5 Å². The average Bonchev–Trinajstić information content (AvgIpc) is 2.87. The number of hydrogen-bond acceptors (Lipinski definition) is 5. The SMILES string of the molecule is CC(C)(C)N1C(=O)C(=NCCc2ccc(C#N)cc2)C(c2ccccc2)S1(O)O. The number of carbonyl (C=O) groups is 1. The zero-order chi connectivity index (χ0) is 21.2. The van der Waals surface area contributed by atoms with Gasteiger partial charge in [0.1, 0.15) is 11.0 Å². The molecule has 0 bridgehead atoms. The first-order valence-electron chi connectivity index (χ1n) is 9.36. The topological polar surface area (TPSA) is 96.9 Å². The van der Waals surface area contributed by atoms with Crippen molar-refractivity contribution in [1.82, 2.24) is 4.31 Å². The molecule has 0 aliphatic carbocycles. The van der Waals surface area contributed by atoms with E-state index < -0.39 is 27.5 Å². The lowest BCUT2D eigenvalue weighted by Gasteiger charge is -2.46. The minimum absolute atomic E-state index is 0.180. The maximum atomic E-state index is 13.1. The fraction of sp³-hybridized carbons (Fsp3) is 0.318. The molecule has 1 unspecified atom stereocenters. The number of benzene rings is 2. The van der Waals surface area contributed by atoms with Gasteiger partial charge in [0.15, 0.2) is 0 Å². The molecule has 2 N–H and O–H groups in total. The molecular weight excluding hydrogens is 386 g/mol. The summed E-state index contributed by atoms with van der Waals surface area (Å²) in [6.45, 7) is 5.67. The van der Waals surface area contributed by atoms with Crippen LogP contribution in [0.15, 0.2) is 59.6 Å². The summed E-state index contributed by atoms with van der Waals surface area (Å²) in [5.41, 5.74) is 1.66. The molecule has 1 aliphatic heterocycles. The van der Waals surface area contributed by atoms with Gasteiger partial charge in [-0.1, -0.05) is 42.5 Å². The van der Waals surface area contributed by atoms with Gasteiger partial charge in [-0.2, -0.15) is 5.26 Å². The Morgan fingerprint density at radius 1 is 1.10 bits per heavy atom. The van der Waals surface area contributed by atoms with Crippen LogP contribution in [0.2, 0.25) is 0 Å². The summed E-state index contributed by atoms with van der Waals surface area (Å²) in [4.78, 5) is 17.7. The van der Waals surface area contributed by atoms with Gasteiger partial charge in [0.25, 0.3) is 5.91 Å². The van der Waals surface area contributed by atoms with Gasteiger partial charge in [0.05, 0.1) is 17.2 Å². The van der Waals surface area contributed by atoms with Gasteiger partial charge < -0.3 is 0 Å². The summed E-state index contributed by atoms with van der Waals surface area (Å²) in [5, 5.41) is 8.02. The van der Waals surface area contributed by atoms with Crippen LogP contribution >= 0.6 is 10.8 Å². The molecular formula is C22H25N3O3S. The number of rotatable bonds is 4. The molecule has 1 amide bonds. The van der Waals surface area contributed by atoms with Crippen LogP contribution in [0.25, 0.3) is 0 Å². The summed E-state index contributed by atoms with van der Waals surface area (Å²) in [6, 6.07) is 18.3. The lowest BCUT2D eigenvalue weighted by atomic mass is 10.0. The van der Waals surface area contributed by atoms with Crippen molar-refractivity contribution >= 4 is 22.4 Å². The molecule has 0 radical (unpaired) electrons. The molecule has 0 spiro atoms. The van der Waals surface area contributed by atoms with Crippen molar-refractivity contribution in [3.63, 3.8) is 0 Å². The van der Waals surface area contributed by atoms with Crippen molar-refractivity contribution in [3.05, 3.63) is 71.3 Å². The molecule has 1 atom stereocenters. The molecule has 1 heterocycles. The first kappa shape index (κ1) is 21.1. The number of hydrogen-bond donors (Lipinski definition) is 2. The van der Waals surface area contributed by atoms with E-state index in [1.807, 2.05) is 30.3 Å². The molecule has 152 valence electrons. The third-order valence-electron chi connectivity index (χ3n) is 4.71. The van der Waals surface area contributed by atoms with Gasteiger partial charge in [-0.25, -0.2) is 4.31 Å². The van der Waals surface area contributed by atoms with Crippen LogP contribution in [0.4, 0.5) is 0 Å². The highest BCUT2D eigenvalue weighted by atomic mass is 32.3. The Bertz CT molecular complexity index is 958. The number of nitrogens with zero attached hydrogens (tertiary/aromatic N) is 3. The van der Waals surface area contributed by atoms with Crippen LogP contribution in [-0.2, 0) is 11.2 Å². The number of carbonyl (C=O) groups excluding carboxylic acids is 1. The maximum absolute atomic E-state index is 13.1. The monoisotopic (exact) mass is 411 g/mol. The molecule has 2 aromatic rings. The van der Waals surface area contributed by atoms with Crippen LogP contribution in [0.3, 0.4) is 0 Å². The van der Waals surface area contributed by atoms with E-state index in [9.17, 15) is 13.9 Å². The number of nitriles is 1. The van der Waals surface area contributed by atoms with Crippen LogP contribution in [0, 0.1) is 11.3 Å². The van der Waals surface area contributed by atoms with Crippen LogP contribution in [0.5, 0.6) is 0 Å². The largest absolute Gasteiger partial charge is 0.288 e. The molecule has 2 aromatic carbocycles. The van der Waals surface area contributed by atoms with Crippen LogP contribution in [-0.4, -0.2) is 37.1 Å². The number of aliphatic imine (C=N–C) groups is 1. The van der Waals surface area contributed by atoms with Gasteiger partial charge >= 0.3 is 0 Å². The normalized spacial score (nSPS) is 21.2. The second-order valence-electron chi connectivity index (χ2n) is 7.95.